The van der Waals surface area contributed by atoms with Gasteiger partial charge < -0.3 is 9.64 Å². The van der Waals surface area contributed by atoms with Crippen molar-refractivity contribution >= 4 is 11.7 Å². The van der Waals surface area contributed by atoms with Crippen molar-refractivity contribution in [3.63, 3.8) is 0 Å². The Morgan fingerprint density at radius 3 is 2.81 bits per heavy atom. The van der Waals surface area contributed by atoms with E-state index in [0.29, 0.717) is 0 Å². The van der Waals surface area contributed by atoms with Gasteiger partial charge in [0, 0.05) is 12.6 Å². The summed E-state index contributed by atoms with van der Waals surface area (Å²) < 4.78 is 18.6. The molecule has 1 aliphatic rings. The van der Waals surface area contributed by atoms with Crippen LogP contribution in [0, 0.1) is 5.82 Å². The van der Waals surface area contributed by atoms with Crippen molar-refractivity contribution in [1.82, 2.24) is 4.90 Å². The Balaban J connectivity index is 2.02. The third-order valence-corrected chi connectivity index (χ3v) is 3.80. The molecule has 21 heavy (non-hydrogen) atoms. The average molecular weight is 293 g/mol. The fourth-order valence-electron chi connectivity index (χ4n) is 2.59. The molecule has 114 valence electrons. The smallest absolute Gasteiger partial charge is 0.260 e. The lowest BCUT2D eigenvalue weighted by molar-refractivity contribution is -0.136. The topological polar surface area (TPSA) is 46.6 Å². The number of hydrogen-bond donors (Lipinski definition) is 0. The normalized spacial score (nSPS) is 18.4. The molecule has 1 saturated heterocycles. The van der Waals surface area contributed by atoms with Crippen LogP contribution in [0.1, 0.15) is 43.5 Å². The number of benzene rings is 1. The molecule has 0 aromatic heterocycles. The monoisotopic (exact) mass is 293 g/mol. The van der Waals surface area contributed by atoms with Crippen LogP contribution in [0.4, 0.5) is 4.39 Å². The second-order valence-corrected chi connectivity index (χ2v) is 5.42. The number of hydrogen-bond acceptors (Lipinski definition) is 3. The van der Waals surface area contributed by atoms with Crippen molar-refractivity contribution in [2.45, 2.75) is 39.2 Å². The predicted octanol–water partition coefficient (Wildman–Crippen LogP) is 2.81. The summed E-state index contributed by atoms with van der Waals surface area (Å²) in [6.45, 7) is 3.98. The molecule has 0 saturated carbocycles. The minimum absolute atomic E-state index is 0.0963. The van der Waals surface area contributed by atoms with Gasteiger partial charge in [-0.05, 0) is 51.3 Å². The molecule has 1 atom stereocenters. The molecule has 0 N–H and O–H groups in total. The zero-order valence-electron chi connectivity index (χ0n) is 12.4. The third-order valence-electron chi connectivity index (χ3n) is 3.80. The zero-order chi connectivity index (χ0) is 15.4. The number of ether oxygens (including phenoxy) is 1. The van der Waals surface area contributed by atoms with Gasteiger partial charge in [0.15, 0.2) is 12.4 Å². The van der Waals surface area contributed by atoms with Crippen LogP contribution in [-0.4, -0.2) is 35.8 Å². The molecular weight excluding hydrogens is 273 g/mol. The maximum absolute atomic E-state index is 13.2. The van der Waals surface area contributed by atoms with E-state index in [-0.39, 0.29) is 35.7 Å². The number of nitrogens with zero attached hydrogens (tertiary/aromatic N) is 1. The Labute approximate surface area is 123 Å². The number of piperidine rings is 1. The molecule has 4 nitrogen and oxygen atoms in total. The van der Waals surface area contributed by atoms with E-state index in [0.717, 1.165) is 31.9 Å². The van der Waals surface area contributed by atoms with Crippen molar-refractivity contribution in [2.75, 3.05) is 13.2 Å². The molecule has 1 aromatic carbocycles. The van der Waals surface area contributed by atoms with E-state index in [1.54, 1.807) is 4.90 Å². The van der Waals surface area contributed by atoms with Gasteiger partial charge in [0.05, 0.1) is 5.56 Å². The van der Waals surface area contributed by atoms with Crippen LogP contribution in [0.2, 0.25) is 0 Å². The number of carbonyl (C=O) groups is 2. The van der Waals surface area contributed by atoms with Crippen LogP contribution in [0.15, 0.2) is 18.2 Å². The van der Waals surface area contributed by atoms with E-state index in [2.05, 4.69) is 0 Å². The molecular formula is C16H20FNO3. The minimum Gasteiger partial charge on any atom is -0.483 e. The SMILES string of the molecule is CC(=O)c1cc(F)ccc1OCC(=O)N1CCCCC1C. The molecule has 0 aliphatic carbocycles. The van der Waals surface area contributed by atoms with Gasteiger partial charge >= 0.3 is 0 Å². The largest absolute Gasteiger partial charge is 0.483 e. The molecule has 0 bridgehead atoms. The van der Waals surface area contributed by atoms with E-state index in [4.69, 9.17) is 4.74 Å². The highest BCUT2D eigenvalue weighted by Crippen LogP contribution is 2.21. The quantitative estimate of drug-likeness (QED) is 0.802. The molecule has 1 fully saturated rings. The van der Waals surface area contributed by atoms with Crippen LogP contribution in [0.25, 0.3) is 0 Å². The van der Waals surface area contributed by atoms with Gasteiger partial charge in [0.2, 0.25) is 0 Å². The first-order valence-corrected chi connectivity index (χ1v) is 7.22. The van der Waals surface area contributed by atoms with Gasteiger partial charge in [-0.1, -0.05) is 0 Å². The number of halogens is 1. The highest BCUT2D eigenvalue weighted by molar-refractivity contribution is 5.96. The van der Waals surface area contributed by atoms with Crippen molar-refractivity contribution in [2.24, 2.45) is 0 Å². The molecule has 1 aliphatic heterocycles. The maximum Gasteiger partial charge on any atom is 0.260 e. The fraction of sp³-hybridized carbons (Fsp3) is 0.500. The number of Topliss-reactive ketones (excluding diaryl/α,β-unsaturated/α-hetero) is 1. The summed E-state index contributed by atoms with van der Waals surface area (Å²) in [5.74, 6) is -0.630. The molecule has 1 amide bonds. The number of ketones is 1. The van der Waals surface area contributed by atoms with E-state index < -0.39 is 5.82 Å². The van der Waals surface area contributed by atoms with Crippen LogP contribution in [0.5, 0.6) is 5.75 Å². The number of carbonyl (C=O) groups excluding carboxylic acids is 2. The van der Waals surface area contributed by atoms with Gasteiger partial charge in [-0.15, -0.1) is 0 Å². The summed E-state index contributed by atoms with van der Waals surface area (Å²) in [6, 6.07) is 3.95. The molecule has 0 spiro atoms. The summed E-state index contributed by atoms with van der Waals surface area (Å²) in [7, 11) is 0. The summed E-state index contributed by atoms with van der Waals surface area (Å²) in [5, 5.41) is 0. The van der Waals surface area contributed by atoms with Gasteiger partial charge in [0.25, 0.3) is 5.91 Å². The Bertz CT molecular complexity index is 544. The summed E-state index contributed by atoms with van der Waals surface area (Å²) in [4.78, 5) is 25.5. The van der Waals surface area contributed by atoms with Gasteiger partial charge in [0.1, 0.15) is 11.6 Å². The van der Waals surface area contributed by atoms with Crippen molar-refractivity contribution in [3.8, 4) is 5.75 Å². The number of likely N-dealkylation sites (tertiary alicyclic amines) is 1. The Morgan fingerprint density at radius 1 is 1.38 bits per heavy atom. The second kappa shape index (κ2) is 6.70. The van der Waals surface area contributed by atoms with E-state index >= 15 is 0 Å². The fourth-order valence-corrected chi connectivity index (χ4v) is 2.59. The molecule has 1 aromatic rings. The highest BCUT2D eigenvalue weighted by atomic mass is 19.1. The lowest BCUT2D eigenvalue weighted by atomic mass is 10.0. The molecule has 1 unspecified atom stereocenters. The number of rotatable bonds is 4. The number of amides is 1. The average Bonchev–Trinajstić information content (AvgIpc) is 2.46. The van der Waals surface area contributed by atoms with Crippen LogP contribution >= 0.6 is 0 Å². The second-order valence-electron chi connectivity index (χ2n) is 5.42. The lowest BCUT2D eigenvalue weighted by Crippen LogP contribution is -2.44. The standard InChI is InChI=1S/C16H20FNO3/c1-11-5-3-4-8-18(11)16(20)10-21-15-7-6-13(17)9-14(15)12(2)19/h6-7,9,11H,3-5,8,10H2,1-2H3. The Hall–Kier alpha value is -1.91. The highest BCUT2D eigenvalue weighted by Gasteiger charge is 2.23. The zero-order valence-corrected chi connectivity index (χ0v) is 12.4. The minimum atomic E-state index is -0.497. The molecule has 0 radical (unpaired) electrons. The van der Waals surface area contributed by atoms with Gasteiger partial charge in [-0.2, -0.15) is 0 Å². The molecule has 1 heterocycles. The van der Waals surface area contributed by atoms with E-state index in [1.165, 1.54) is 19.1 Å². The van der Waals surface area contributed by atoms with Gasteiger partial charge in [-0.25, -0.2) is 4.39 Å². The first kappa shape index (κ1) is 15.5. The van der Waals surface area contributed by atoms with Crippen molar-refractivity contribution in [3.05, 3.63) is 29.6 Å². The first-order valence-electron chi connectivity index (χ1n) is 7.22. The lowest BCUT2D eigenvalue weighted by Gasteiger charge is -2.33. The van der Waals surface area contributed by atoms with Gasteiger partial charge in [-0.3, -0.25) is 9.59 Å². The van der Waals surface area contributed by atoms with E-state index in [1.807, 2.05) is 6.92 Å². The molecule has 5 heteroatoms. The maximum atomic E-state index is 13.2. The van der Waals surface area contributed by atoms with E-state index in [9.17, 15) is 14.0 Å². The summed E-state index contributed by atoms with van der Waals surface area (Å²) >= 11 is 0. The Morgan fingerprint density at radius 2 is 2.14 bits per heavy atom. The summed E-state index contributed by atoms with van der Waals surface area (Å²) in [5.41, 5.74) is 0.162. The Kier molecular flexibility index (Phi) is 4.94. The van der Waals surface area contributed by atoms with Crippen LogP contribution in [0.3, 0.4) is 0 Å². The van der Waals surface area contributed by atoms with Crippen molar-refractivity contribution in [1.29, 1.82) is 0 Å². The first-order chi connectivity index (χ1) is 9.99. The van der Waals surface area contributed by atoms with Crippen molar-refractivity contribution < 1.29 is 18.7 Å². The summed E-state index contributed by atoms with van der Waals surface area (Å²) in [6.07, 6.45) is 3.14. The predicted molar refractivity (Wildman–Crippen MR) is 76.9 cm³/mol. The third kappa shape index (κ3) is 3.80. The molecule has 2 rings (SSSR count). The van der Waals surface area contributed by atoms with Crippen LogP contribution < -0.4 is 4.74 Å². The van der Waals surface area contributed by atoms with Crippen LogP contribution in [-0.2, 0) is 4.79 Å².